The minimum Gasteiger partial charge on any atom is -0.497 e. The molecule has 1 amide bonds. The third-order valence-corrected chi connectivity index (χ3v) is 4.90. The fourth-order valence-corrected chi connectivity index (χ4v) is 3.36. The molecule has 0 radical (unpaired) electrons. The molecule has 1 atom stereocenters. The molecular formula is C19H30N2O3. The third kappa shape index (κ3) is 5.41. The van der Waals surface area contributed by atoms with E-state index in [4.69, 9.17) is 9.47 Å². The lowest BCUT2D eigenvalue weighted by Gasteiger charge is -2.27. The van der Waals surface area contributed by atoms with Crippen molar-refractivity contribution in [1.82, 2.24) is 10.6 Å². The van der Waals surface area contributed by atoms with Crippen molar-refractivity contribution in [1.29, 1.82) is 0 Å². The Hall–Kier alpha value is -1.75. The van der Waals surface area contributed by atoms with E-state index in [9.17, 15) is 4.79 Å². The molecule has 24 heavy (non-hydrogen) atoms. The van der Waals surface area contributed by atoms with E-state index in [-0.39, 0.29) is 5.91 Å². The van der Waals surface area contributed by atoms with Gasteiger partial charge in [0, 0.05) is 13.0 Å². The van der Waals surface area contributed by atoms with Crippen molar-refractivity contribution in [2.45, 2.75) is 32.6 Å². The van der Waals surface area contributed by atoms with E-state index in [0.29, 0.717) is 24.8 Å². The first-order valence-corrected chi connectivity index (χ1v) is 8.82. The second-order valence-electron chi connectivity index (χ2n) is 6.55. The highest BCUT2D eigenvalue weighted by Crippen LogP contribution is 2.25. The van der Waals surface area contributed by atoms with Gasteiger partial charge in [-0.05, 0) is 68.0 Å². The van der Waals surface area contributed by atoms with Crippen LogP contribution in [0.2, 0.25) is 0 Å². The van der Waals surface area contributed by atoms with Crippen molar-refractivity contribution in [3.8, 4) is 11.5 Å². The monoisotopic (exact) mass is 334 g/mol. The van der Waals surface area contributed by atoms with Crippen LogP contribution in [-0.2, 0) is 11.2 Å². The van der Waals surface area contributed by atoms with Crippen molar-refractivity contribution in [2.75, 3.05) is 33.9 Å². The molecule has 1 aliphatic rings. The lowest BCUT2D eigenvalue weighted by atomic mass is 9.84. The first kappa shape index (κ1) is 18.6. The summed E-state index contributed by atoms with van der Waals surface area (Å²) in [5.41, 5.74) is 1.04. The molecule has 1 unspecified atom stereocenters. The molecule has 0 saturated carbocycles. The molecule has 1 fully saturated rings. The van der Waals surface area contributed by atoms with E-state index < -0.39 is 0 Å². The molecule has 1 heterocycles. The van der Waals surface area contributed by atoms with Gasteiger partial charge in [-0.1, -0.05) is 6.92 Å². The summed E-state index contributed by atoms with van der Waals surface area (Å²) >= 11 is 0. The lowest BCUT2D eigenvalue weighted by Crippen LogP contribution is -2.34. The maximum Gasteiger partial charge on any atom is 0.220 e. The van der Waals surface area contributed by atoms with Crippen LogP contribution in [0, 0.1) is 11.8 Å². The zero-order valence-corrected chi connectivity index (χ0v) is 15.1. The van der Waals surface area contributed by atoms with Crippen LogP contribution in [0.1, 0.15) is 31.7 Å². The number of carbonyl (C=O) groups excluding carboxylic acids is 1. The summed E-state index contributed by atoms with van der Waals surface area (Å²) in [5, 5.41) is 6.41. The Morgan fingerprint density at radius 2 is 2.04 bits per heavy atom. The van der Waals surface area contributed by atoms with Gasteiger partial charge in [-0.25, -0.2) is 0 Å². The molecule has 2 N–H and O–H groups in total. The van der Waals surface area contributed by atoms with Gasteiger partial charge in [0.2, 0.25) is 5.91 Å². The number of ether oxygens (including phenoxy) is 2. The van der Waals surface area contributed by atoms with Crippen molar-refractivity contribution in [3.63, 3.8) is 0 Å². The zero-order valence-electron chi connectivity index (χ0n) is 15.1. The molecule has 134 valence electrons. The predicted octanol–water partition coefficient (Wildman–Crippen LogP) is 2.39. The second-order valence-corrected chi connectivity index (χ2v) is 6.55. The van der Waals surface area contributed by atoms with Crippen LogP contribution < -0.4 is 20.1 Å². The summed E-state index contributed by atoms with van der Waals surface area (Å²) in [5.74, 6) is 2.88. The Morgan fingerprint density at radius 1 is 1.29 bits per heavy atom. The van der Waals surface area contributed by atoms with E-state index in [1.54, 1.807) is 14.2 Å². The van der Waals surface area contributed by atoms with Crippen LogP contribution in [0.3, 0.4) is 0 Å². The molecule has 1 aromatic carbocycles. The number of nitrogens with one attached hydrogen (secondary N) is 2. The minimum atomic E-state index is 0.142. The SMILES string of the molecule is COc1ccc(OC)c(CCNC(=O)CC(C)C2CCNCC2)c1. The highest BCUT2D eigenvalue weighted by atomic mass is 16.5. The molecule has 2 rings (SSSR count). The molecule has 1 aliphatic heterocycles. The van der Waals surface area contributed by atoms with E-state index in [1.165, 1.54) is 12.8 Å². The molecule has 0 bridgehead atoms. The summed E-state index contributed by atoms with van der Waals surface area (Å²) in [6.45, 7) is 4.96. The van der Waals surface area contributed by atoms with Gasteiger partial charge in [-0.2, -0.15) is 0 Å². The topological polar surface area (TPSA) is 59.6 Å². The van der Waals surface area contributed by atoms with Crippen LogP contribution in [0.4, 0.5) is 0 Å². The number of benzene rings is 1. The van der Waals surface area contributed by atoms with Gasteiger partial charge in [0.05, 0.1) is 14.2 Å². The van der Waals surface area contributed by atoms with Gasteiger partial charge in [0.15, 0.2) is 0 Å². The second kappa shape index (κ2) is 9.52. The largest absolute Gasteiger partial charge is 0.497 e. The normalized spacial score (nSPS) is 16.5. The predicted molar refractivity (Wildman–Crippen MR) is 95.6 cm³/mol. The number of amides is 1. The fourth-order valence-electron chi connectivity index (χ4n) is 3.36. The Labute approximate surface area is 145 Å². The lowest BCUT2D eigenvalue weighted by molar-refractivity contribution is -0.122. The molecule has 0 aromatic heterocycles. The van der Waals surface area contributed by atoms with Crippen LogP contribution in [0.25, 0.3) is 0 Å². The highest BCUT2D eigenvalue weighted by molar-refractivity contribution is 5.76. The molecule has 5 heteroatoms. The summed E-state index contributed by atoms with van der Waals surface area (Å²) in [6.07, 6.45) is 3.69. The average molecular weight is 334 g/mol. The Bertz CT molecular complexity index is 527. The van der Waals surface area contributed by atoms with E-state index in [2.05, 4.69) is 17.6 Å². The smallest absolute Gasteiger partial charge is 0.220 e. The molecule has 0 aliphatic carbocycles. The van der Waals surface area contributed by atoms with Crippen LogP contribution in [0.15, 0.2) is 18.2 Å². The van der Waals surface area contributed by atoms with Crippen LogP contribution in [-0.4, -0.2) is 39.8 Å². The van der Waals surface area contributed by atoms with Crippen molar-refractivity contribution >= 4 is 5.91 Å². The highest BCUT2D eigenvalue weighted by Gasteiger charge is 2.21. The van der Waals surface area contributed by atoms with E-state index >= 15 is 0 Å². The standard InChI is InChI=1S/C19H30N2O3/c1-14(15-6-9-20-10-7-15)12-19(22)21-11-8-16-13-17(23-2)4-5-18(16)24-3/h4-5,13-15,20H,6-12H2,1-3H3,(H,21,22). The number of hydrogen-bond donors (Lipinski definition) is 2. The molecule has 1 saturated heterocycles. The maximum atomic E-state index is 12.2. The Kier molecular flexibility index (Phi) is 7.37. The first-order valence-electron chi connectivity index (χ1n) is 8.82. The molecule has 5 nitrogen and oxygen atoms in total. The van der Waals surface area contributed by atoms with E-state index in [0.717, 1.165) is 36.6 Å². The fraction of sp³-hybridized carbons (Fsp3) is 0.632. The van der Waals surface area contributed by atoms with Crippen LogP contribution >= 0.6 is 0 Å². The summed E-state index contributed by atoms with van der Waals surface area (Å²) < 4.78 is 10.6. The van der Waals surface area contributed by atoms with Gasteiger partial charge < -0.3 is 20.1 Å². The molecular weight excluding hydrogens is 304 g/mol. The Balaban J connectivity index is 1.77. The number of hydrogen-bond acceptors (Lipinski definition) is 4. The summed E-state index contributed by atoms with van der Waals surface area (Å²) in [4.78, 5) is 12.2. The van der Waals surface area contributed by atoms with E-state index in [1.807, 2.05) is 18.2 Å². The number of piperidine rings is 1. The van der Waals surface area contributed by atoms with Gasteiger partial charge in [0.1, 0.15) is 11.5 Å². The average Bonchev–Trinajstić information content (AvgIpc) is 2.62. The quantitative estimate of drug-likeness (QED) is 0.766. The number of rotatable bonds is 8. The van der Waals surface area contributed by atoms with Crippen molar-refractivity contribution in [2.24, 2.45) is 11.8 Å². The van der Waals surface area contributed by atoms with Crippen LogP contribution in [0.5, 0.6) is 11.5 Å². The zero-order chi connectivity index (χ0) is 17.4. The van der Waals surface area contributed by atoms with Gasteiger partial charge in [-0.3, -0.25) is 4.79 Å². The maximum absolute atomic E-state index is 12.2. The van der Waals surface area contributed by atoms with Crippen molar-refractivity contribution in [3.05, 3.63) is 23.8 Å². The summed E-state index contributed by atoms with van der Waals surface area (Å²) in [6, 6.07) is 5.74. The summed E-state index contributed by atoms with van der Waals surface area (Å²) in [7, 11) is 3.31. The third-order valence-electron chi connectivity index (χ3n) is 4.90. The van der Waals surface area contributed by atoms with Gasteiger partial charge >= 0.3 is 0 Å². The Morgan fingerprint density at radius 3 is 2.71 bits per heavy atom. The van der Waals surface area contributed by atoms with Gasteiger partial charge in [-0.15, -0.1) is 0 Å². The molecule has 0 spiro atoms. The first-order chi connectivity index (χ1) is 11.6. The van der Waals surface area contributed by atoms with Gasteiger partial charge in [0.25, 0.3) is 0 Å². The minimum absolute atomic E-state index is 0.142. The van der Waals surface area contributed by atoms with Crippen molar-refractivity contribution < 1.29 is 14.3 Å². The number of carbonyl (C=O) groups is 1. The molecule has 1 aromatic rings. The number of methoxy groups -OCH3 is 2.